The maximum Gasteiger partial charge on any atom is 0.255 e. The first-order valence-corrected chi connectivity index (χ1v) is 7.78. The Morgan fingerprint density at radius 2 is 1.80 bits per heavy atom. The Morgan fingerprint density at radius 3 is 2.50 bits per heavy atom. The van der Waals surface area contributed by atoms with Gasteiger partial charge < -0.3 is 10.4 Å². The summed E-state index contributed by atoms with van der Waals surface area (Å²) in [4.78, 5) is 11.9. The lowest BCUT2D eigenvalue weighted by Gasteiger charge is -2.08. The Labute approximate surface area is 130 Å². The second-order valence-electron chi connectivity index (χ2n) is 4.81. The van der Waals surface area contributed by atoms with Crippen LogP contribution < -0.4 is 5.32 Å². The molecule has 0 saturated heterocycles. The molecule has 2 N–H and O–H groups in total. The molecule has 0 unspecified atom stereocenters. The molecule has 1 rings (SSSR count). The molecular formula is C15H21Cl2NO2. The van der Waals surface area contributed by atoms with Crippen molar-refractivity contribution in [2.24, 2.45) is 0 Å². The Balaban J connectivity index is 2.36. The molecule has 0 aliphatic rings. The molecule has 1 aromatic rings. The Morgan fingerprint density at radius 1 is 1.15 bits per heavy atom. The van der Waals surface area contributed by atoms with Crippen LogP contribution in [0.3, 0.4) is 0 Å². The molecule has 5 heteroatoms. The van der Waals surface area contributed by atoms with Crippen LogP contribution in [0.5, 0.6) is 5.75 Å². The number of carbonyl (C=O) groups is 1. The number of aromatic hydroxyl groups is 1. The van der Waals surface area contributed by atoms with Crippen molar-refractivity contribution < 1.29 is 9.90 Å². The van der Waals surface area contributed by atoms with Gasteiger partial charge in [-0.25, -0.2) is 0 Å². The van der Waals surface area contributed by atoms with Crippen LogP contribution in [0.4, 0.5) is 0 Å². The molecule has 0 fully saturated rings. The molecule has 0 radical (unpaired) electrons. The minimum Gasteiger partial charge on any atom is -0.506 e. The van der Waals surface area contributed by atoms with Gasteiger partial charge in [0.05, 0.1) is 10.6 Å². The largest absolute Gasteiger partial charge is 0.506 e. The molecule has 0 atom stereocenters. The number of rotatable bonds is 8. The Hall–Kier alpha value is -0.930. The highest BCUT2D eigenvalue weighted by Gasteiger charge is 2.14. The zero-order chi connectivity index (χ0) is 15.0. The molecule has 1 amide bonds. The third-order valence-electron chi connectivity index (χ3n) is 3.09. The van der Waals surface area contributed by atoms with Gasteiger partial charge in [-0.15, -0.1) is 0 Å². The summed E-state index contributed by atoms with van der Waals surface area (Å²) in [6.07, 6.45) is 6.97. The van der Waals surface area contributed by atoms with E-state index in [1.54, 1.807) is 0 Å². The summed E-state index contributed by atoms with van der Waals surface area (Å²) in [7, 11) is 0. The maximum atomic E-state index is 11.9. The van der Waals surface area contributed by atoms with Crippen LogP contribution in [0.1, 0.15) is 55.8 Å². The first kappa shape index (κ1) is 17.1. The molecule has 20 heavy (non-hydrogen) atoms. The van der Waals surface area contributed by atoms with Crippen molar-refractivity contribution in [1.82, 2.24) is 5.32 Å². The van der Waals surface area contributed by atoms with E-state index in [-0.39, 0.29) is 22.2 Å². The van der Waals surface area contributed by atoms with Crippen LogP contribution in [0.2, 0.25) is 10.0 Å². The van der Waals surface area contributed by atoms with Crippen LogP contribution >= 0.6 is 23.2 Å². The first-order chi connectivity index (χ1) is 9.56. The summed E-state index contributed by atoms with van der Waals surface area (Å²) < 4.78 is 0. The number of phenolic OH excluding ortho intramolecular Hbond substituents is 1. The molecule has 0 bridgehead atoms. The Bertz CT molecular complexity index is 450. The third kappa shape index (κ3) is 5.59. The lowest BCUT2D eigenvalue weighted by Crippen LogP contribution is -2.24. The van der Waals surface area contributed by atoms with Gasteiger partial charge in [0.1, 0.15) is 5.75 Å². The molecular weight excluding hydrogens is 297 g/mol. The van der Waals surface area contributed by atoms with Crippen molar-refractivity contribution in [1.29, 1.82) is 0 Å². The van der Waals surface area contributed by atoms with Crippen LogP contribution in [-0.4, -0.2) is 17.6 Å². The van der Waals surface area contributed by atoms with Gasteiger partial charge in [-0.2, -0.15) is 0 Å². The van der Waals surface area contributed by atoms with E-state index in [1.165, 1.54) is 37.8 Å². The minimum atomic E-state index is -0.347. The molecule has 0 aromatic heterocycles. The van der Waals surface area contributed by atoms with Gasteiger partial charge >= 0.3 is 0 Å². The minimum absolute atomic E-state index is 0.0854. The SMILES string of the molecule is CCCCCCCCNC(=O)c1cc(Cl)cc(Cl)c1O. The number of hydrogen-bond donors (Lipinski definition) is 2. The van der Waals surface area contributed by atoms with Gasteiger partial charge in [-0.3, -0.25) is 4.79 Å². The van der Waals surface area contributed by atoms with Gasteiger partial charge in [0.25, 0.3) is 5.91 Å². The Kier molecular flexibility index (Phi) is 7.78. The summed E-state index contributed by atoms with van der Waals surface area (Å²) >= 11 is 11.6. The molecule has 0 aliphatic heterocycles. The topological polar surface area (TPSA) is 49.3 Å². The number of unbranched alkanes of at least 4 members (excludes halogenated alkanes) is 5. The normalized spacial score (nSPS) is 10.6. The zero-order valence-corrected chi connectivity index (χ0v) is 13.2. The molecule has 0 saturated carbocycles. The molecule has 0 aliphatic carbocycles. The van der Waals surface area contributed by atoms with E-state index in [0.717, 1.165) is 12.8 Å². The second kappa shape index (κ2) is 9.09. The maximum absolute atomic E-state index is 11.9. The average molecular weight is 318 g/mol. The van der Waals surface area contributed by atoms with E-state index in [0.29, 0.717) is 11.6 Å². The van der Waals surface area contributed by atoms with Gasteiger partial charge in [0, 0.05) is 11.6 Å². The van der Waals surface area contributed by atoms with Crippen molar-refractivity contribution in [3.8, 4) is 5.75 Å². The van der Waals surface area contributed by atoms with Gasteiger partial charge in [0.15, 0.2) is 0 Å². The molecule has 3 nitrogen and oxygen atoms in total. The summed E-state index contributed by atoms with van der Waals surface area (Å²) in [6, 6.07) is 2.82. The standard InChI is InChI=1S/C15H21Cl2NO2/c1-2-3-4-5-6-7-8-18-15(20)12-9-11(16)10-13(17)14(12)19/h9-10,19H,2-8H2,1H3,(H,18,20). The number of halogens is 2. The van der Waals surface area contributed by atoms with E-state index in [1.807, 2.05) is 0 Å². The van der Waals surface area contributed by atoms with Crippen molar-refractivity contribution in [3.05, 3.63) is 27.7 Å². The van der Waals surface area contributed by atoms with Gasteiger partial charge in [0.2, 0.25) is 0 Å². The summed E-state index contributed by atoms with van der Waals surface area (Å²) in [6.45, 7) is 2.78. The van der Waals surface area contributed by atoms with Gasteiger partial charge in [-0.05, 0) is 18.6 Å². The monoisotopic (exact) mass is 317 g/mol. The van der Waals surface area contributed by atoms with Crippen molar-refractivity contribution >= 4 is 29.1 Å². The average Bonchev–Trinajstić information content (AvgIpc) is 2.41. The fourth-order valence-corrected chi connectivity index (χ4v) is 2.43. The van der Waals surface area contributed by atoms with E-state index in [9.17, 15) is 9.90 Å². The van der Waals surface area contributed by atoms with E-state index < -0.39 is 0 Å². The van der Waals surface area contributed by atoms with E-state index in [4.69, 9.17) is 23.2 Å². The molecule has 1 aromatic carbocycles. The summed E-state index contributed by atoms with van der Waals surface area (Å²) in [5.41, 5.74) is 0.119. The number of benzene rings is 1. The lowest BCUT2D eigenvalue weighted by molar-refractivity contribution is 0.0950. The molecule has 112 valence electrons. The number of nitrogens with one attached hydrogen (secondary N) is 1. The fourth-order valence-electron chi connectivity index (χ4n) is 1.94. The van der Waals surface area contributed by atoms with Crippen LogP contribution in [0.15, 0.2) is 12.1 Å². The smallest absolute Gasteiger partial charge is 0.255 e. The van der Waals surface area contributed by atoms with Gasteiger partial charge in [-0.1, -0.05) is 62.2 Å². The highest BCUT2D eigenvalue weighted by Crippen LogP contribution is 2.30. The zero-order valence-electron chi connectivity index (χ0n) is 11.7. The predicted molar refractivity (Wildman–Crippen MR) is 83.8 cm³/mol. The van der Waals surface area contributed by atoms with Crippen LogP contribution in [0, 0.1) is 0 Å². The fraction of sp³-hybridized carbons (Fsp3) is 0.533. The quantitative estimate of drug-likeness (QED) is 0.677. The number of hydrogen-bond acceptors (Lipinski definition) is 2. The number of carbonyl (C=O) groups excluding carboxylic acids is 1. The summed E-state index contributed by atoms with van der Waals surface area (Å²) in [5.74, 6) is -0.572. The number of amides is 1. The van der Waals surface area contributed by atoms with Crippen LogP contribution in [-0.2, 0) is 0 Å². The predicted octanol–water partition coefficient (Wildman–Crippen LogP) is 4.79. The molecule has 0 heterocycles. The second-order valence-corrected chi connectivity index (χ2v) is 5.65. The third-order valence-corrected chi connectivity index (χ3v) is 3.60. The van der Waals surface area contributed by atoms with Crippen LogP contribution in [0.25, 0.3) is 0 Å². The van der Waals surface area contributed by atoms with Crippen molar-refractivity contribution in [2.75, 3.05) is 6.54 Å². The first-order valence-electron chi connectivity index (χ1n) is 7.02. The highest BCUT2D eigenvalue weighted by molar-refractivity contribution is 6.36. The number of phenols is 1. The van der Waals surface area contributed by atoms with Crippen molar-refractivity contribution in [2.45, 2.75) is 45.4 Å². The lowest BCUT2D eigenvalue weighted by atomic mass is 10.1. The molecule has 0 spiro atoms. The van der Waals surface area contributed by atoms with Crippen molar-refractivity contribution in [3.63, 3.8) is 0 Å². The highest BCUT2D eigenvalue weighted by atomic mass is 35.5. The summed E-state index contributed by atoms with van der Waals surface area (Å²) in [5, 5.41) is 12.9. The van der Waals surface area contributed by atoms with E-state index in [2.05, 4.69) is 12.2 Å². The van der Waals surface area contributed by atoms with E-state index >= 15 is 0 Å².